The predicted octanol–water partition coefficient (Wildman–Crippen LogP) is 0.521. The fourth-order valence-corrected chi connectivity index (χ4v) is 1.09. The number of hydroxylamine groups is 2. The molecule has 0 spiro atoms. The van der Waals surface area contributed by atoms with Crippen LogP contribution in [0.2, 0.25) is 0 Å². The third-order valence-corrected chi connectivity index (χ3v) is 2.37. The van der Waals surface area contributed by atoms with Gasteiger partial charge in [-0.05, 0) is 20.8 Å². The SMILES string of the molecule is CC(C)(C)N(O)CCS(C)(=O)=O. The van der Waals surface area contributed by atoms with Gasteiger partial charge in [-0.15, -0.1) is 0 Å². The molecule has 0 fully saturated rings. The van der Waals surface area contributed by atoms with Crippen LogP contribution in [0.15, 0.2) is 0 Å². The van der Waals surface area contributed by atoms with Crippen LogP contribution in [-0.4, -0.2) is 42.8 Å². The van der Waals surface area contributed by atoms with Gasteiger partial charge >= 0.3 is 0 Å². The molecule has 0 rings (SSSR count). The van der Waals surface area contributed by atoms with Crippen molar-refractivity contribution in [2.24, 2.45) is 0 Å². The number of hydrogen-bond donors (Lipinski definition) is 1. The summed E-state index contributed by atoms with van der Waals surface area (Å²) in [5.41, 5.74) is -0.398. The van der Waals surface area contributed by atoms with Gasteiger partial charge < -0.3 is 5.21 Å². The highest BCUT2D eigenvalue weighted by Gasteiger charge is 2.19. The molecule has 5 heteroatoms. The van der Waals surface area contributed by atoms with E-state index in [0.717, 1.165) is 11.3 Å². The van der Waals surface area contributed by atoms with Gasteiger partial charge in [0.15, 0.2) is 0 Å². The van der Waals surface area contributed by atoms with E-state index in [1.807, 2.05) is 20.8 Å². The van der Waals surface area contributed by atoms with Crippen LogP contribution in [-0.2, 0) is 9.84 Å². The van der Waals surface area contributed by atoms with Gasteiger partial charge in [0, 0.05) is 18.3 Å². The molecule has 0 heterocycles. The summed E-state index contributed by atoms with van der Waals surface area (Å²) in [6.07, 6.45) is 1.16. The molecule has 0 aromatic carbocycles. The van der Waals surface area contributed by atoms with Crippen molar-refractivity contribution >= 4 is 9.84 Å². The molecule has 12 heavy (non-hydrogen) atoms. The third-order valence-electron chi connectivity index (χ3n) is 1.45. The van der Waals surface area contributed by atoms with E-state index in [9.17, 15) is 13.6 Å². The van der Waals surface area contributed by atoms with E-state index in [2.05, 4.69) is 0 Å². The van der Waals surface area contributed by atoms with E-state index < -0.39 is 15.4 Å². The highest BCUT2D eigenvalue weighted by molar-refractivity contribution is 7.90. The molecule has 0 bridgehead atoms. The Balaban J connectivity index is 3.97. The molecule has 0 aliphatic heterocycles. The smallest absolute Gasteiger partial charge is 0.148 e. The van der Waals surface area contributed by atoms with E-state index in [0.29, 0.717) is 0 Å². The first kappa shape index (κ1) is 11.9. The van der Waals surface area contributed by atoms with Crippen molar-refractivity contribution in [3.63, 3.8) is 0 Å². The van der Waals surface area contributed by atoms with Gasteiger partial charge in [-0.2, -0.15) is 5.06 Å². The average Bonchev–Trinajstić information content (AvgIpc) is 1.78. The monoisotopic (exact) mass is 195 g/mol. The fourth-order valence-electron chi connectivity index (χ4n) is 0.588. The van der Waals surface area contributed by atoms with Crippen LogP contribution in [0.1, 0.15) is 20.8 Å². The van der Waals surface area contributed by atoms with Crippen LogP contribution in [0.3, 0.4) is 0 Å². The van der Waals surface area contributed by atoms with Gasteiger partial charge in [0.2, 0.25) is 0 Å². The summed E-state index contributed by atoms with van der Waals surface area (Å²) >= 11 is 0. The number of rotatable bonds is 3. The summed E-state index contributed by atoms with van der Waals surface area (Å²) < 4.78 is 21.4. The molecule has 0 unspecified atom stereocenters. The van der Waals surface area contributed by atoms with Gasteiger partial charge in [0.1, 0.15) is 9.84 Å². The van der Waals surface area contributed by atoms with Crippen molar-refractivity contribution in [2.45, 2.75) is 26.3 Å². The Labute approximate surface area is 74.1 Å². The van der Waals surface area contributed by atoms with Crippen molar-refractivity contribution in [1.82, 2.24) is 5.06 Å². The molecule has 0 amide bonds. The van der Waals surface area contributed by atoms with Crippen LogP contribution in [0.25, 0.3) is 0 Å². The molecular weight excluding hydrogens is 178 g/mol. The van der Waals surface area contributed by atoms with E-state index in [4.69, 9.17) is 0 Å². The Hall–Kier alpha value is -0.130. The number of sulfone groups is 1. The van der Waals surface area contributed by atoms with E-state index in [-0.39, 0.29) is 12.3 Å². The molecule has 0 saturated heterocycles. The Kier molecular flexibility index (Phi) is 3.68. The largest absolute Gasteiger partial charge is 0.313 e. The first-order valence-corrected chi connectivity index (χ1v) is 5.83. The summed E-state index contributed by atoms with van der Waals surface area (Å²) in [5, 5.41) is 10.4. The highest BCUT2D eigenvalue weighted by atomic mass is 32.2. The third kappa shape index (κ3) is 5.51. The maximum atomic E-state index is 10.7. The molecule has 0 saturated carbocycles. The molecule has 74 valence electrons. The van der Waals surface area contributed by atoms with Crippen LogP contribution in [0, 0.1) is 0 Å². The molecule has 0 aromatic rings. The minimum absolute atomic E-state index is 0.0131. The molecule has 0 aliphatic rings. The van der Waals surface area contributed by atoms with Gasteiger partial charge in [0.05, 0.1) is 5.75 Å². The minimum atomic E-state index is -2.98. The minimum Gasteiger partial charge on any atom is -0.313 e. The van der Waals surface area contributed by atoms with Crippen LogP contribution < -0.4 is 0 Å². The zero-order valence-corrected chi connectivity index (χ0v) is 8.85. The standard InChI is InChI=1S/C7H17NO3S/c1-7(2,3)8(9)5-6-12(4,10)11/h9H,5-6H2,1-4H3. The van der Waals surface area contributed by atoms with Crippen molar-refractivity contribution in [3.05, 3.63) is 0 Å². The zero-order valence-electron chi connectivity index (χ0n) is 8.03. The quantitative estimate of drug-likeness (QED) is 0.667. The fraction of sp³-hybridized carbons (Fsp3) is 1.00. The second kappa shape index (κ2) is 3.72. The predicted molar refractivity (Wildman–Crippen MR) is 48.0 cm³/mol. The van der Waals surface area contributed by atoms with E-state index >= 15 is 0 Å². The lowest BCUT2D eigenvalue weighted by molar-refractivity contribution is -0.150. The molecule has 0 radical (unpaired) electrons. The molecule has 0 aromatic heterocycles. The van der Waals surface area contributed by atoms with Crippen LogP contribution in [0.5, 0.6) is 0 Å². The molecule has 0 atom stereocenters. The van der Waals surface area contributed by atoms with Gasteiger partial charge in [-0.1, -0.05) is 0 Å². The first-order chi connectivity index (χ1) is 5.13. The Morgan fingerprint density at radius 2 is 1.75 bits per heavy atom. The Morgan fingerprint density at radius 3 is 2.00 bits per heavy atom. The van der Waals surface area contributed by atoms with Crippen molar-refractivity contribution in [2.75, 3.05) is 18.6 Å². The lowest BCUT2D eigenvalue weighted by Gasteiger charge is -2.28. The van der Waals surface area contributed by atoms with Crippen molar-refractivity contribution in [1.29, 1.82) is 0 Å². The van der Waals surface area contributed by atoms with Crippen LogP contribution in [0.4, 0.5) is 0 Å². The number of nitrogens with zero attached hydrogens (tertiary/aromatic N) is 1. The van der Waals surface area contributed by atoms with Gasteiger partial charge in [-0.3, -0.25) is 0 Å². The number of hydrogen-bond acceptors (Lipinski definition) is 4. The summed E-state index contributed by atoms with van der Waals surface area (Å²) in [5.74, 6) is -0.0131. The van der Waals surface area contributed by atoms with E-state index in [1.54, 1.807) is 0 Å². The van der Waals surface area contributed by atoms with Crippen molar-refractivity contribution in [3.8, 4) is 0 Å². The second-order valence-electron chi connectivity index (χ2n) is 3.92. The molecular formula is C7H17NO3S. The topological polar surface area (TPSA) is 57.6 Å². The lowest BCUT2D eigenvalue weighted by atomic mass is 10.1. The Bertz CT molecular complexity index is 228. The summed E-state index contributed by atoms with van der Waals surface area (Å²) in [6.45, 7) is 5.60. The maximum Gasteiger partial charge on any atom is 0.148 e. The van der Waals surface area contributed by atoms with Crippen LogP contribution >= 0.6 is 0 Å². The summed E-state index contributed by atoms with van der Waals surface area (Å²) in [4.78, 5) is 0. The van der Waals surface area contributed by atoms with Gasteiger partial charge in [-0.25, -0.2) is 8.42 Å². The van der Waals surface area contributed by atoms with E-state index in [1.165, 1.54) is 0 Å². The molecule has 1 N–H and O–H groups in total. The molecule has 0 aliphatic carbocycles. The first-order valence-electron chi connectivity index (χ1n) is 3.77. The zero-order chi connectivity index (χ0) is 9.99. The van der Waals surface area contributed by atoms with Crippen molar-refractivity contribution < 1.29 is 13.6 Å². The molecule has 4 nitrogen and oxygen atoms in total. The second-order valence-corrected chi connectivity index (χ2v) is 6.18. The average molecular weight is 195 g/mol. The normalized spacial score (nSPS) is 13.8. The Morgan fingerprint density at radius 1 is 1.33 bits per heavy atom. The summed E-state index contributed by atoms with van der Waals surface area (Å²) in [7, 11) is -2.98. The summed E-state index contributed by atoms with van der Waals surface area (Å²) in [6, 6.07) is 0. The maximum absolute atomic E-state index is 10.7. The highest BCUT2D eigenvalue weighted by Crippen LogP contribution is 2.09. The van der Waals surface area contributed by atoms with Gasteiger partial charge in [0.25, 0.3) is 0 Å². The lowest BCUT2D eigenvalue weighted by Crippen LogP contribution is -2.41.